The van der Waals surface area contributed by atoms with Crippen LogP contribution in [-0.2, 0) is 72.0 Å². The SMILES string of the molecule is CC[C@H](C)[C@H](NC(=O)[C@@H]1CCCN1C(=O)[C@H](CCCCN)NC(=O)Cc1cc(=O)oc2cc(OC)ccc12)C(=O)N[C@@H](CC(C)C)C(=O)N[C@@H](Cc1ccccc1)C(=O)N[C@@H](Cc1ccccc1)C(=O)N[C@@H](CCCNC(=N)N)C(=O)N[C@@H](CC(C)C)C(=O)N[C@@H](CCCCNc1ccc([N+](=O)[O-])cc1[N+](=O)[O-])C(=O)N[C@H](CCCNC(=N)N)C(N)=O. The van der Waals surface area contributed by atoms with Crippen LogP contribution in [0.5, 0.6) is 5.75 Å². The minimum Gasteiger partial charge on any atom is -0.497 e. The third kappa shape index (κ3) is 32.0. The molecule has 0 spiro atoms. The van der Waals surface area contributed by atoms with E-state index in [4.69, 9.17) is 42.9 Å². The first kappa shape index (κ1) is 98.0. The van der Waals surface area contributed by atoms with Crippen LogP contribution in [0, 0.1) is 48.8 Å². The molecule has 0 radical (unpaired) electrons. The fourth-order valence-electron chi connectivity index (χ4n) is 14.0. The number of methoxy groups -OCH3 is 1. The minimum absolute atomic E-state index is 0.0213. The molecule has 664 valence electrons. The predicted molar refractivity (Wildman–Crippen MR) is 456 cm³/mol. The molecule has 2 heterocycles. The topological polar surface area (TPSA) is 613 Å². The van der Waals surface area contributed by atoms with Gasteiger partial charge in [0.2, 0.25) is 65.0 Å². The molecule has 6 rings (SSSR count). The molecule has 39 nitrogen and oxygen atoms in total. The lowest BCUT2D eigenvalue weighted by molar-refractivity contribution is -0.393. The van der Waals surface area contributed by atoms with E-state index < -0.39 is 164 Å². The summed E-state index contributed by atoms with van der Waals surface area (Å²) >= 11 is 0. The number of guanidine groups is 2. The van der Waals surface area contributed by atoms with Crippen molar-refractivity contribution in [3.63, 3.8) is 0 Å². The molecular weight excluding hydrogens is 1580 g/mol. The van der Waals surface area contributed by atoms with Crippen LogP contribution in [0.1, 0.15) is 155 Å². The number of hydrogen-bond donors (Lipinski definition) is 18. The Labute approximate surface area is 707 Å². The number of nitrogens with one attached hydrogen (secondary N) is 14. The number of amides is 11. The highest BCUT2D eigenvalue weighted by molar-refractivity contribution is 6.00. The first-order valence-corrected chi connectivity index (χ1v) is 41.1. The van der Waals surface area contributed by atoms with Crippen LogP contribution in [0.25, 0.3) is 11.0 Å². The number of primary amides is 1. The Bertz CT molecular complexity index is 4500. The van der Waals surface area contributed by atoms with E-state index in [-0.39, 0.29) is 145 Å². The number of nitrogens with zero attached hydrogens (tertiary/aromatic N) is 3. The average molecular weight is 1700 g/mol. The number of carbonyl (C=O) groups excluding carboxylic acids is 11. The largest absolute Gasteiger partial charge is 0.497 e. The van der Waals surface area contributed by atoms with Crippen molar-refractivity contribution in [1.29, 1.82) is 10.8 Å². The molecule has 39 heteroatoms. The molecule has 122 heavy (non-hydrogen) atoms. The zero-order valence-electron chi connectivity index (χ0n) is 70.1. The van der Waals surface area contributed by atoms with Crippen molar-refractivity contribution in [2.75, 3.05) is 45.2 Å². The third-order valence-corrected chi connectivity index (χ3v) is 20.6. The van der Waals surface area contributed by atoms with E-state index in [1.54, 1.807) is 93.6 Å². The molecule has 11 atom stereocenters. The van der Waals surface area contributed by atoms with Gasteiger partial charge < -0.3 is 101 Å². The van der Waals surface area contributed by atoms with Crippen molar-refractivity contribution in [1.82, 2.24) is 63.4 Å². The number of non-ortho nitro benzene ring substituents is 1. The molecule has 0 aliphatic carbocycles. The summed E-state index contributed by atoms with van der Waals surface area (Å²) in [7, 11) is 1.46. The number of anilines is 1. The molecule has 22 N–H and O–H groups in total. The van der Waals surface area contributed by atoms with E-state index in [1.807, 2.05) is 20.8 Å². The molecule has 4 aromatic carbocycles. The lowest BCUT2D eigenvalue weighted by atomic mass is 9.96. The molecule has 1 aromatic heterocycles. The molecule has 0 bridgehead atoms. The summed E-state index contributed by atoms with van der Waals surface area (Å²) in [5, 5.41) is 72.3. The van der Waals surface area contributed by atoms with Crippen LogP contribution in [-0.4, -0.2) is 192 Å². The highest BCUT2D eigenvalue weighted by atomic mass is 16.6. The van der Waals surface area contributed by atoms with Crippen molar-refractivity contribution in [2.24, 2.45) is 40.7 Å². The number of carbonyl (C=O) groups is 11. The standard InChI is InChI=1S/C83H119N21O18/c1-8-50(6)71(101-79(114)66-30-21-39-102(66)81(116)61(27-15-17-35-84)93-69(105)44-53-45-70(106)122-68-47-55(121-7)32-33-56(53)68)80(115)100-63(41-49(4)5)76(111)98-65(43-52-24-13-10-14-25-52)78(113)99-64(42-51-22-11-9-12-23-51)77(112)96-60(29-20-38-92-83(88)89)74(109)97-62(40-48(2)3)75(110)95-59(73(108)94-58(72(85)107)28-19-37-91-82(86)87)26-16-18-36-90-57-34-31-54(103(117)118)46-67(57)104(119)120/h9-14,22-25,31-34,45-50,58-66,71,90H,8,15-21,26-30,35-44,84H2,1-7H3,(H2,85,107)(H,93,105)(H,94,108)(H,95,110)(H,96,112)(H,97,109)(H,98,111)(H,99,113)(H,100,115)(H,101,114)(H4,86,87,91)(H4,88,89,92)/t50-,58+,59-,60-,61-,62-,63-,64-,65-,66-,71-/m0/s1. The Kier molecular flexibility index (Phi) is 39.9. The van der Waals surface area contributed by atoms with Gasteiger partial charge in [0, 0.05) is 62.6 Å². The second-order valence-corrected chi connectivity index (χ2v) is 31.2. The van der Waals surface area contributed by atoms with Crippen molar-refractivity contribution >= 4 is 105 Å². The monoisotopic (exact) mass is 1700 g/mol. The molecule has 1 fully saturated rings. The van der Waals surface area contributed by atoms with Gasteiger partial charge >= 0.3 is 5.63 Å². The van der Waals surface area contributed by atoms with Crippen molar-refractivity contribution in [3.8, 4) is 5.75 Å². The fourth-order valence-corrected chi connectivity index (χ4v) is 14.0. The van der Waals surface area contributed by atoms with Gasteiger partial charge in [-0.05, 0) is 149 Å². The summed E-state index contributed by atoms with van der Waals surface area (Å²) in [4.78, 5) is 196. The van der Waals surface area contributed by atoms with E-state index in [2.05, 4.69) is 63.8 Å². The predicted octanol–water partition coefficient (Wildman–Crippen LogP) is 2.56. The number of hydrogen-bond acceptors (Lipinski definition) is 22. The van der Waals surface area contributed by atoms with Gasteiger partial charge in [-0.2, -0.15) is 0 Å². The highest BCUT2D eigenvalue weighted by Crippen LogP contribution is 2.30. The zero-order chi connectivity index (χ0) is 89.7. The van der Waals surface area contributed by atoms with Crippen molar-refractivity contribution in [3.05, 3.63) is 150 Å². The maximum atomic E-state index is 15.3. The summed E-state index contributed by atoms with van der Waals surface area (Å²) < 4.78 is 10.7. The second kappa shape index (κ2) is 49.7. The number of benzene rings is 4. The number of nitrogens with two attached hydrogens (primary N) is 4. The number of fused-ring (bicyclic) bond motifs is 1. The molecule has 0 saturated carbocycles. The van der Waals surface area contributed by atoms with Gasteiger partial charge in [0.05, 0.1) is 29.4 Å². The summed E-state index contributed by atoms with van der Waals surface area (Å²) in [5.41, 5.74) is 22.5. The van der Waals surface area contributed by atoms with Crippen LogP contribution in [0.4, 0.5) is 17.1 Å². The number of ether oxygens (including phenoxy) is 1. The molecule has 1 aliphatic rings. The van der Waals surface area contributed by atoms with Crippen LogP contribution in [0.2, 0.25) is 0 Å². The number of likely N-dealkylation sites (tertiary alicyclic amines) is 1. The zero-order valence-corrected chi connectivity index (χ0v) is 70.1. The van der Waals surface area contributed by atoms with E-state index in [0.29, 0.717) is 60.1 Å². The number of nitro benzene ring substituents is 2. The summed E-state index contributed by atoms with van der Waals surface area (Å²) in [6.07, 6.45) is 1.73. The molecular formula is C83H119N21O18. The van der Waals surface area contributed by atoms with Gasteiger partial charge in [-0.25, -0.2) is 4.79 Å². The van der Waals surface area contributed by atoms with Gasteiger partial charge in [0.1, 0.15) is 77.4 Å². The quantitative estimate of drug-likeness (QED) is 0.00664. The fraction of sp³-hybridized carbons (Fsp3) is 0.518. The van der Waals surface area contributed by atoms with Crippen LogP contribution in [0.15, 0.2) is 112 Å². The van der Waals surface area contributed by atoms with Crippen LogP contribution in [0.3, 0.4) is 0 Å². The molecule has 5 aromatic rings. The molecule has 0 unspecified atom stereocenters. The molecule has 11 amide bonds. The lowest BCUT2D eigenvalue weighted by Crippen LogP contribution is -2.61. The second-order valence-electron chi connectivity index (χ2n) is 31.2. The van der Waals surface area contributed by atoms with Gasteiger partial charge in [-0.15, -0.1) is 0 Å². The van der Waals surface area contributed by atoms with Crippen molar-refractivity contribution in [2.45, 2.75) is 218 Å². The first-order chi connectivity index (χ1) is 58.1. The Morgan fingerprint density at radius 3 is 1.56 bits per heavy atom. The lowest BCUT2D eigenvalue weighted by Gasteiger charge is -2.32. The van der Waals surface area contributed by atoms with E-state index >= 15 is 19.2 Å². The normalized spacial score (nSPS) is 14.9. The summed E-state index contributed by atoms with van der Waals surface area (Å²) in [6.45, 7) is 11.3. The first-order valence-electron chi connectivity index (χ1n) is 41.1. The smallest absolute Gasteiger partial charge is 0.336 e. The molecule has 1 saturated heterocycles. The van der Waals surface area contributed by atoms with Gasteiger partial charge in [0.15, 0.2) is 11.9 Å². The van der Waals surface area contributed by atoms with Gasteiger partial charge in [0.25, 0.3) is 11.4 Å². The number of rotatable bonds is 52. The molecule has 1 aliphatic heterocycles. The Balaban J connectivity index is 1.24. The average Bonchev–Trinajstić information content (AvgIpc) is 1.00. The van der Waals surface area contributed by atoms with Crippen molar-refractivity contribution < 1.29 is 71.7 Å². The van der Waals surface area contributed by atoms with Crippen LogP contribution < -0.4 is 97.1 Å². The van der Waals surface area contributed by atoms with Gasteiger partial charge in [-0.1, -0.05) is 109 Å². The van der Waals surface area contributed by atoms with Gasteiger partial charge in [-0.3, -0.25) is 83.8 Å². The maximum Gasteiger partial charge on any atom is 0.336 e. The summed E-state index contributed by atoms with van der Waals surface area (Å²) in [6, 6.07) is 12.8. The van der Waals surface area contributed by atoms with Crippen LogP contribution >= 0.6 is 0 Å². The van der Waals surface area contributed by atoms with E-state index in [1.165, 1.54) is 30.2 Å². The third-order valence-electron chi connectivity index (χ3n) is 20.6. The number of unbranched alkanes of at least 4 members (excludes halogenated alkanes) is 2. The minimum atomic E-state index is -1.51. The summed E-state index contributed by atoms with van der Waals surface area (Å²) in [5.74, 6) is -10.1. The van der Waals surface area contributed by atoms with E-state index in [0.717, 1.165) is 12.1 Å². The van der Waals surface area contributed by atoms with E-state index in [9.17, 15) is 58.6 Å². The Hall–Kier alpha value is -12.8. The highest BCUT2D eigenvalue weighted by Gasteiger charge is 2.42. The maximum absolute atomic E-state index is 15.3. The Morgan fingerprint density at radius 1 is 0.557 bits per heavy atom. The Morgan fingerprint density at radius 2 is 1.05 bits per heavy atom. The number of nitro groups is 2.